The van der Waals surface area contributed by atoms with Gasteiger partial charge in [0.25, 0.3) is 5.92 Å². The Morgan fingerprint density at radius 3 is 2.94 bits per heavy atom. The highest BCUT2D eigenvalue weighted by atomic mass is 19.3. The molecule has 0 saturated carbocycles. The number of hydrogen-bond donors (Lipinski definition) is 1. The van der Waals surface area contributed by atoms with Gasteiger partial charge in [0, 0.05) is 6.20 Å². The van der Waals surface area contributed by atoms with Crippen molar-refractivity contribution in [2.75, 3.05) is 0 Å². The van der Waals surface area contributed by atoms with E-state index in [9.17, 15) is 13.6 Å². The summed E-state index contributed by atoms with van der Waals surface area (Å²) in [5.74, 6) is -4.95. The predicted molar refractivity (Wildman–Crippen MR) is 51.3 cm³/mol. The van der Waals surface area contributed by atoms with Crippen LogP contribution in [0.2, 0.25) is 0 Å². The van der Waals surface area contributed by atoms with Crippen LogP contribution in [0, 0.1) is 0 Å². The van der Waals surface area contributed by atoms with Crippen LogP contribution < -0.4 is 0 Å². The van der Waals surface area contributed by atoms with Crippen molar-refractivity contribution in [3.8, 4) is 0 Å². The summed E-state index contributed by atoms with van der Waals surface area (Å²) in [5, 5.41) is 12.1. The lowest BCUT2D eigenvalue weighted by atomic mass is 10.1. The first kappa shape index (κ1) is 10.5. The Labute approximate surface area is 89.1 Å². The molecule has 6 heteroatoms. The van der Waals surface area contributed by atoms with Crippen molar-refractivity contribution in [2.45, 2.75) is 12.3 Å². The number of nitrogens with zero attached hydrogens (tertiary/aromatic N) is 2. The number of pyridine rings is 1. The number of aliphatic carboxylic acids is 1. The minimum Gasteiger partial charge on any atom is -0.481 e. The summed E-state index contributed by atoms with van der Waals surface area (Å²) >= 11 is 0. The van der Waals surface area contributed by atoms with Crippen molar-refractivity contribution in [3.05, 3.63) is 36.2 Å². The summed E-state index contributed by atoms with van der Waals surface area (Å²) in [4.78, 5) is 10.3. The van der Waals surface area contributed by atoms with E-state index >= 15 is 0 Å². The average Bonchev–Trinajstić information content (AvgIpc) is 2.59. The zero-order valence-electron chi connectivity index (χ0n) is 8.10. The van der Waals surface area contributed by atoms with Crippen LogP contribution in [0.1, 0.15) is 12.0 Å². The van der Waals surface area contributed by atoms with E-state index in [0.717, 1.165) is 6.20 Å². The molecule has 4 nitrogen and oxygen atoms in total. The minimum absolute atomic E-state index is 0.216. The highest BCUT2D eigenvalue weighted by Crippen LogP contribution is 2.34. The molecule has 0 amide bonds. The van der Waals surface area contributed by atoms with Crippen molar-refractivity contribution in [2.24, 2.45) is 0 Å². The van der Waals surface area contributed by atoms with Crippen molar-refractivity contribution in [1.82, 2.24) is 9.61 Å². The van der Waals surface area contributed by atoms with Gasteiger partial charge in [0.05, 0.1) is 17.3 Å². The van der Waals surface area contributed by atoms with Crippen molar-refractivity contribution in [3.63, 3.8) is 0 Å². The Bertz CT molecular complexity index is 536. The molecule has 0 aliphatic heterocycles. The van der Waals surface area contributed by atoms with Gasteiger partial charge in [0.2, 0.25) is 0 Å². The molecular formula is C10H8F2N2O2. The maximum Gasteiger partial charge on any atom is 0.309 e. The Hall–Kier alpha value is -1.98. The number of carboxylic acids is 1. The molecule has 0 radical (unpaired) electrons. The molecule has 84 valence electrons. The van der Waals surface area contributed by atoms with Crippen LogP contribution in [0.15, 0.2) is 30.6 Å². The molecule has 0 saturated heterocycles. The van der Waals surface area contributed by atoms with Gasteiger partial charge in [-0.3, -0.25) is 4.79 Å². The van der Waals surface area contributed by atoms with Crippen LogP contribution in [0.25, 0.3) is 5.52 Å². The van der Waals surface area contributed by atoms with Gasteiger partial charge in [-0.05, 0) is 12.1 Å². The predicted octanol–water partition coefficient (Wildman–Crippen LogP) is 1.90. The fourth-order valence-corrected chi connectivity index (χ4v) is 1.50. The Morgan fingerprint density at radius 2 is 2.25 bits per heavy atom. The van der Waals surface area contributed by atoms with Crippen LogP contribution >= 0.6 is 0 Å². The van der Waals surface area contributed by atoms with Gasteiger partial charge in [0.15, 0.2) is 0 Å². The van der Waals surface area contributed by atoms with Crippen LogP contribution in [0.4, 0.5) is 8.78 Å². The van der Waals surface area contributed by atoms with E-state index in [0.29, 0.717) is 0 Å². The van der Waals surface area contributed by atoms with E-state index in [-0.39, 0.29) is 11.1 Å². The number of hydrogen-bond acceptors (Lipinski definition) is 2. The number of rotatable bonds is 3. The van der Waals surface area contributed by atoms with Gasteiger partial charge in [0.1, 0.15) is 6.42 Å². The summed E-state index contributed by atoms with van der Waals surface area (Å²) in [6, 6.07) is 4.72. The van der Waals surface area contributed by atoms with Crippen LogP contribution in [-0.2, 0) is 10.7 Å². The fourth-order valence-electron chi connectivity index (χ4n) is 1.50. The van der Waals surface area contributed by atoms with Gasteiger partial charge in [-0.15, -0.1) is 0 Å². The zero-order valence-corrected chi connectivity index (χ0v) is 8.10. The van der Waals surface area contributed by atoms with E-state index in [2.05, 4.69) is 5.10 Å². The first-order valence-corrected chi connectivity index (χ1v) is 4.53. The third kappa shape index (κ3) is 1.73. The molecule has 16 heavy (non-hydrogen) atoms. The van der Waals surface area contributed by atoms with E-state index in [1.807, 2.05) is 0 Å². The smallest absolute Gasteiger partial charge is 0.309 e. The summed E-state index contributed by atoms with van der Waals surface area (Å²) in [7, 11) is 0. The van der Waals surface area contributed by atoms with E-state index in [1.54, 1.807) is 12.1 Å². The van der Waals surface area contributed by atoms with Crippen molar-refractivity contribution >= 4 is 11.5 Å². The third-order valence-corrected chi connectivity index (χ3v) is 2.19. The normalized spacial score (nSPS) is 11.9. The topological polar surface area (TPSA) is 54.6 Å². The largest absolute Gasteiger partial charge is 0.481 e. The Kier molecular flexibility index (Phi) is 2.34. The van der Waals surface area contributed by atoms with Gasteiger partial charge < -0.3 is 5.11 Å². The highest BCUT2D eigenvalue weighted by Gasteiger charge is 2.37. The van der Waals surface area contributed by atoms with E-state index in [1.165, 1.54) is 16.8 Å². The lowest BCUT2D eigenvalue weighted by Crippen LogP contribution is -2.18. The van der Waals surface area contributed by atoms with Crippen molar-refractivity contribution < 1.29 is 18.7 Å². The number of alkyl halides is 2. The van der Waals surface area contributed by atoms with Gasteiger partial charge >= 0.3 is 5.97 Å². The average molecular weight is 226 g/mol. The monoisotopic (exact) mass is 226 g/mol. The third-order valence-electron chi connectivity index (χ3n) is 2.19. The summed E-state index contributed by atoms with van der Waals surface area (Å²) in [6.45, 7) is 0. The number of fused-ring (bicyclic) bond motifs is 1. The second-order valence-corrected chi connectivity index (χ2v) is 3.36. The van der Waals surface area contributed by atoms with Crippen molar-refractivity contribution in [1.29, 1.82) is 0 Å². The van der Waals surface area contributed by atoms with Gasteiger partial charge in [-0.1, -0.05) is 6.07 Å². The standard InChI is InChI=1S/C10H8F2N2O2/c11-10(12,5-9(15)16)7-6-13-14-4-2-1-3-8(7)14/h1-4,6H,5H2,(H,15,16). The first-order chi connectivity index (χ1) is 7.50. The summed E-state index contributed by atoms with van der Waals surface area (Å²) in [6.07, 6.45) is 1.29. The Balaban J connectivity index is 2.50. The number of halogens is 2. The molecule has 2 heterocycles. The quantitative estimate of drug-likeness (QED) is 0.869. The zero-order chi connectivity index (χ0) is 11.8. The lowest BCUT2D eigenvalue weighted by molar-refractivity contribution is -0.145. The first-order valence-electron chi connectivity index (χ1n) is 4.53. The Morgan fingerprint density at radius 1 is 1.50 bits per heavy atom. The molecule has 2 rings (SSSR count). The maximum absolute atomic E-state index is 13.5. The highest BCUT2D eigenvalue weighted by molar-refractivity contribution is 5.69. The molecule has 0 unspecified atom stereocenters. The number of aromatic nitrogens is 2. The number of carboxylic acid groups (broad SMARTS) is 1. The minimum atomic E-state index is -3.41. The van der Waals surface area contributed by atoms with Crippen LogP contribution in [0.5, 0.6) is 0 Å². The molecule has 2 aromatic heterocycles. The molecular weight excluding hydrogens is 218 g/mol. The molecule has 0 aromatic carbocycles. The maximum atomic E-state index is 13.5. The van der Waals surface area contributed by atoms with E-state index in [4.69, 9.17) is 5.11 Å². The fraction of sp³-hybridized carbons (Fsp3) is 0.200. The molecule has 0 spiro atoms. The second-order valence-electron chi connectivity index (χ2n) is 3.36. The molecule has 0 aliphatic carbocycles. The van der Waals surface area contributed by atoms with Gasteiger partial charge in [-0.25, -0.2) is 13.3 Å². The summed E-state index contributed by atoms with van der Waals surface area (Å²) < 4.78 is 28.4. The molecule has 1 N–H and O–H groups in total. The number of carbonyl (C=O) groups is 1. The molecule has 0 bridgehead atoms. The van der Waals surface area contributed by atoms with E-state index < -0.39 is 18.3 Å². The molecule has 0 aliphatic rings. The molecule has 2 aromatic rings. The van der Waals surface area contributed by atoms with Crippen LogP contribution in [-0.4, -0.2) is 20.7 Å². The van der Waals surface area contributed by atoms with Gasteiger partial charge in [-0.2, -0.15) is 5.10 Å². The van der Waals surface area contributed by atoms with Crippen LogP contribution in [0.3, 0.4) is 0 Å². The molecule has 0 fully saturated rings. The lowest BCUT2D eigenvalue weighted by Gasteiger charge is -2.12. The SMILES string of the molecule is O=C(O)CC(F)(F)c1cnn2ccccc12. The second kappa shape index (κ2) is 3.55. The molecule has 0 atom stereocenters. The summed E-state index contributed by atoms with van der Waals surface area (Å²) in [5.41, 5.74) is -0.149.